The second kappa shape index (κ2) is 12.7. The normalized spacial score (nSPS) is 9.44. The van der Waals surface area contributed by atoms with Crippen LogP contribution >= 0.6 is 0 Å². The molecule has 0 N–H and O–H groups in total. The molecule has 0 amide bonds. The molecule has 3 aromatic rings. The summed E-state index contributed by atoms with van der Waals surface area (Å²) in [4.78, 5) is 0. The Balaban J connectivity index is 0. The summed E-state index contributed by atoms with van der Waals surface area (Å²) in [5, 5.41) is 0. The van der Waals surface area contributed by atoms with Crippen LogP contribution in [0.25, 0.3) is 0 Å². The molecule has 0 aliphatic rings. The van der Waals surface area contributed by atoms with Crippen molar-refractivity contribution in [2.45, 2.75) is 25.7 Å². The Hall–Kier alpha value is -0.626. The minimum Gasteiger partial charge on any atom is -1.00 e. The Morgan fingerprint density at radius 3 is 1.48 bits per heavy atom. The van der Waals surface area contributed by atoms with Gasteiger partial charge in [0.15, 0.2) is 0 Å². The topological polar surface area (TPSA) is 0 Å². The van der Waals surface area contributed by atoms with Crippen molar-refractivity contribution in [1.29, 1.82) is 0 Å². The molecule has 0 bridgehead atoms. The van der Waals surface area contributed by atoms with E-state index in [0.29, 0.717) is 11.8 Å². The first-order valence-corrected chi connectivity index (χ1v) is 7.62. The molecule has 0 atom stereocenters. The molecular formula is C21H21Cl3Ti. The minimum absolute atomic E-state index is 0. The average Bonchev–Trinajstić information content (AvgIpc) is 2.99. The largest absolute Gasteiger partial charge is 4.00 e. The van der Waals surface area contributed by atoms with Crippen LogP contribution in [-0.4, -0.2) is 0 Å². The second-order valence-electron chi connectivity index (χ2n) is 5.85. The van der Waals surface area contributed by atoms with Gasteiger partial charge in [-0.05, 0) is 23.0 Å². The zero-order valence-corrected chi connectivity index (χ0v) is 18.1. The summed E-state index contributed by atoms with van der Waals surface area (Å²) in [6.45, 7) is 4.54. The van der Waals surface area contributed by atoms with Gasteiger partial charge in [0.2, 0.25) is 0 Å². The average molecular weight is 428 g/mol. The van der Waals surface area contributed by atoms with E-state index in [-0.39, 0.29) is 58.9 Å². The van der Waals surface area contributed by atoms with Crippen molar-refractivity contribution in [3.63, 3.8) is 0 Å². The molecule has 0 aliphatic heterocycles. The maximum atomic E-state index is 2.28. The van der Waals surface area contributed by atoms with E-state index in [1.165, 1.54) is 22.3 Å². The molecule has 0 aliphatic carbocycles. The van der Waals surface area contributed by atoms with Crippen molar-refractivity contribution in [3.05, 3.63) is 101 Å². The molecule has 0 saturated carbocycles. The van der Waals surface area contributed by atoms with Gasteiger partial charge in [-0.15, -0.1) is 5.56 Å². The maximum absolute atomic E-state index is 2.28. The summed E-state index contributed by atoms with van der Waals surface area (Å²) in [5.74, 6) is 0.865. The number of halogens is 3. The van der Waals surface area contributed by atoms with E-state index < -0.39 is 0 Å². The van der Waals surface area contributed by atoms with E-state index in [1.807, 2.05) is 0 Å². The van der Waals surface area contributed by atoms with E-state index in [9.17, 15) is 0 Å². The van der Waals surface area contributed by atoms with Gasteiger partial charge >= 0.3 is 21.7 Å². The van der Waals surface area contributed by atoms with Gasteiger partial charge in [0.05, 0.1) is 0 Å². The summed E-state index contributed by atoms with van der Waals surface area (Å²) in [6, 6.07) is 28.3. The minimum atomic E-state index is 0. The zero-order chi connectivity index (χ0) is 14.7. The van der Waals surface area contributed by atoms with Crippen LogP contribution in [0.5, 0.6) is 0 Å². The fourth-order valence-corrected chi connectivity index (χ4v) is 3.08. The second-order valence-corrected chi connectivity index (χ2v) is 5.85. The van der Waals surface area contributed by atoms with Gasteiger partial charge in [-0.25, -0.2) is 12.1 Å². The molecule has 0 aromatic heterocycles. The van der Waals surface area contributed by atoms with E-state index in [0.717, 1.165) is 0 Å². The quantitative estimate of drug-likeness (QED) is 0.303. The molecule has 0 unspecified atom stereocenters. The molecule has 0 heterocycles. The van der Waals surface area contributed by atoms with Crippen molar-refractivity contribution >= 4 is 0 Å². The molecule has 4 heteroatoms. The van der Waals surface area contributed by atoms with Crippen LogP contribution in [-0.2, 0) is 21.7 Å². The molecule has 0 fully saturated rings. The molecule has 3 rings (SSSR count). The third-order valence-corrected chi connectivity index (χ3v) is 4.08. The fraction of sp³-hybridized carbons (Fsp3) is 0.190. The molecule has 130 valence electrons. The number of benzene rings is 2. The van der Waals surface area contributed by atoms with Crippen LogP contribution in [0.2, 0.25) is 0 Å². The van der Waals surface area contributed by atoms with Crippen molar-refractivity contribution in [2.75, 3.05) is 0 Å². The standard InChI is InChI=1S/C21H21.3ClH.Ti/c1-16(2)19-14-9-15-20(19)21(17-10-5-3-6-11-17)18-12-7-4-8-13-18;;;;/h3-16,21H,1-2H3;3*1H;/q-1;;;;+4/p-3. The summed E-state index contributed by atoms with van der Waals surface area (Å²) in [6.07, 6.45) is 0. The van der Waals surface area contributed by atoms with Crippen LogP contribution in [0, 0.1) is 0 Å². The molecular weight excluding hydrogens is 406 g/mol. The number of rotatable bonds is 4. The van der Waals surface area contributed by atoms with Crippen molar-refractivity contribution < 1.29 is 58.9 Å². The third kappa shape index (κ3) is 6.24. The Bertz CT molecular complexity index is 654. The Morgan fingerprint density at radius 2 is 1.08 bits per heavy atom. The van der Waals surface area contributed by atoms with Gasteiger partial charge in [0, 0.05) is 0 Å². The molecule has 0 radical (unpaired) electrons. The van der Waals surface area contributed by atoms with Crippen LogP contribution in [0.1, 0.15) is 47.9 Å². The van der Waals surface area contributed by atoms with Crippen LogP contribution < -0.4 is 37.2 Å². The first-order valence-electron chi connectivity index (χ1n) is 7.62. The predicted molar refractivity (Wildman–Crippen MR) is 90.0 cm³/mol. The van der Waals surface area contributed by atoms with Crippen molar-refractivity contribution in [2.24, 2.45) is 0 Å². The van der Waals surface area contributed by atoms with E-state index in [1.54, 1.807) is 0 Å². The van der Waals surface area contributed by atoms with Gasteiger partial charge in [-0.3, -0.25) is 0 Å². The van der Waals surface area contributed by atoms with Crippen LogP contribution in [0.3, 0.4) is 0 Å². The molecule has 0 spiro atoms. The van der Waals surface area contributed by atoms with Crippen LogP contribution in [0.4, 0.5) is 0 Å². The Labute approximate surface area is 184 Å². The fourth-order valence-electron chi connectivity index (χ4n) is 3.08. The predicted octanol–water partition coefficient (Wildman–Crippen LogP) is -3.28. The van der Waals surface area contributed by atoms with Gasteiger partial charge in [-0.2, -0.15) is 11.6 Å². The summed E-state index contributed by atoms with van der Waals surface area (Å²) >= 11 is 0. The van der Waals surface area contributed by atoms with Crippen molar-refractivity contribution in [3.8, 4) is 0 Å². The van der Waals surface area contributed by atoms with E-state index in [2.05, 4.69) is 92.7 Å². The number of hydrogen-bond donors (Lipinski definition) is 0. The molecule has 3 aromatic carbocycles. The zero-order valence-electron chi connectivity index (χ0n) is 14.3. The smallest absolute Gasteiger partial charge is 1.00 e. The van der Waals surface area contributed by atoms with Gasteiger partial charge < -0.3 is 37.2 Å². The van der Waals surface area contributed by atoms with Crippen molar-refractivity contribution in [1.82, 2.24) is 0 Å². The first-order chi connectivity index (χ1) is 10.3. The van der Waals surface area contributed by atoms with Crippen LogP contribution in [0.15, 0.2) is 78.9 Å². The van der Waals surface area contributed by atoms with Gasteiger partial charge in [-0.1, -0.05) is 74.5 Å². The maximum Gasteiger partial charge on any atom is 4.00 e. The van der Waals surface area contributed by atoms with Gasteiger partial charge in [0.1, 0.15) is 0 Å². The number of hydrogen-bond acceptors (Lipinski definition) is 0. The Morgan fingerprint density at radius 1 is 0.640 bits per heavy atom. The van der Waals surface area contributed by atoms with Gasteiger partial charge in [0.25, 0.3) is 0 Å². The molecule has 0 saturated heterocycles. The van der Waals surface area contributed by atoms with E-state index in [4.69, 9.17) is 0 Å². The Kier molecular flexibility index (Phi) is 13.5. The summed E-state index contributed by atoms with van der Waals surface area (Å²) in [5.41, 5.74) is 5.60. The molecule has 25 heavy (non-hydrogen) atoms. The summed E-state index contributed by atoms with van der Waals surface area (Å²) < 4.78 is 0. The SMILES string of the molecule is CC(C)c1ccc[c-]1C(c1ccccc1)c1ccccc1.[Cl-].[Cl-].[Cl-].[Ti+4]. The first kappa shape index (κ1) is 26.6. The molecule has 0 nitrogen and oxygen atoms in total. The monoisotopic (exact) mass is 426 g/mol. The van der Waals surface area contributed by atoms with E-state index >= 15 is 0 Å². The third-order valence-electron chi connectivity index (χ3n) is 4.08. The summed E-state index contributed by atoms with van der Waals surface area (Å²) in [7, 11) is 0.